The molecule has 1 aromatic heterocycles. The average Bonchev–Trinajstić information content (AvgIpc) is 3.51. The van der Waals surface area contributed by atoms with E-state index in [1.165, 1.54) is 11.1 Å². The van der Waals surface area contributed by atoms with Gasteiger partial charge >= 0.3 is 12.1 Å². The third-order valence-electron chi connectivity index (χ3n) is 5.96. The number of amides is 5. The lowest BCUT2D eigenvalue weighted by Gasteiger charge is -2.35. The van der Waals surface area contributed by atoms with E-state index in [1.807, 2.05) is 30.3 Å². The van der Waals surface area contributed by atoms with Gasteiger partial charge in [0.2, 0.25) is 0 Å². The summed E-state index contributed by atoms with van der Waals surface area (Å²) in [5, 5.41) is 2.92. The van der Waals surface area contributed by atoms with Gasteiger partial charge in [-0.05, 0) is 24.1 Å². The quantitative estimate of drug-likeness (QED) is 0.605. The van der Waals surface area contributed by atoms with Crippen LogP contribution in [-0.2, 0) is 4.79 Å². The maximum atomic E-state index is 13.1. The number of anilines is 1. The normalized spacial score (nSPS) is 25.4. The topological polar surface area (TPSA) is 85.8 Å². The molecule has 3 fully saturated rings. The van der Waals surface area contributed by atoms with Crippen LogP contribution in [0.15, 0.2) is 48.7 Å². The average molecular weight is 426 g/mol. The van der Waals surface area contributed by atoms with E-state index in [2.05, 4.69) is 10.3 Å². The standard InChI is InChI=1S/C21H20ClN5O3/c22-18-15(7-4-8-23-18)24-20(29)25-9-10-26-17(12-25)19(28)27(21(26)30)16-11-14(16)13-5-2-1-3-6-13/h1-8,14,16-17H,9-12H2,(H,24,29)/t14-,16+,17?/m0/s1. The van der Waals surface area contributed by atoms with Crippen LogP contribution in [0.25, 0.3) is 0 Å². The molecule has 8 nitrogen and oxygen atoms in total. The molecule has 1 saturated carbocycles. The van der Waals surface area contributed by atoms with Gasteiger partial charge in [0.05, 0.1) is 12.2 Å². The zero-order chi connectivity index (χ0) is 20.8. The smallest absolute Gasteiger partial charge is 0.320 e. The predicted molar refractivity (Wildman–Crippen MR) is 110 cm³/mol. The Morgan fingerprint density at radius 1 is 1.10 bits per heavy atom. The summed E-state index contributed by atoms with van der Waals surface area (Å²) < 4.78 is 0. The lowest BCUT2D eigenvalue weighted by molar-refractivity contribution is -0.129. The first-order valence-corrected chi connectivity index (χ1v) is 10.3. The van der Waals surface area contributed by atoms with Crippen molar-refractivity contribution in [3.63, 3.8) is 0 Å². The molecule has 0 spiro atoms. The number of imide groups is 1. The van der Waals surface area contributed by atoms with Crippen molar-refractivity contribution in [3.05, 3.63) is 59.4 Å². The van der Waals surface area contributed by atoms with Crippen LogP contribution in [0, 0.1) is 0 Å². The summed E-state index contributed by atoms with van der Waals surface area (Å²) in [6.07, 6.45) is 2.32. The molecule has 3 aliphatic rings. The van der Waals surface area contributed by atoms with Crippen LogP contribution in [0.1, 0.15) is 17.9 Å². The summed E-state index contributed by atoms with van der Waals surface area (Å²) in [6, 6.07) is 11.9. The van der Waals surface area contributed by atoms with Gasteiger partial charge in [-0.1, -0.05) is 41.9 Å². The summed E-state index contributed by atoms with van der Waals surface area (Å²) in [4.78, 5) is 47.1. The second-order valence-electron chi connectivity index (χ2n) is 7.74. The Bertz CT molecular complexity index is 1020. The number of hydrogen-bond acceptors (Lipinski definition) is 4. The molecule has 30 heavy (non-hydrogen) atoms. The van der Waals surface area contributed by atoms with E-state index in [1.54, 1.807) is 21.9 Å². The number of hydrogen-bond donors (Lipinski definition) is 1. The highest BCUT2D eigenvalue weighted by Gasteiger charge is 2.56. The molecule has 1 aliphatic carbocycles. The molecule has 154 valence electrons. The molecule has 0 bridgehead atoms. The van der Waals surface area contributed by atoms with Crippen LogP contribution >= 0.6 is 11.6 Å². The van der Waals surface area contributed by atoms with Crippen molar-refractivity contribution in [1.29, 1.82) is 0 Å². The molecule has 2 saturated heterocycles. The molecule has 5 rings (SSSR count). The van der Waals surface area contributed by atoms with E-state index < -0.39 is 6.04 Å². The number of aromatic nitrogens is 1. The van der Waals surface area contributed by atoms with Crippen molar-refractivity contribution in [1.82, 2.24) is 19.7 Å². The minimum Gasteiger partial charge on any atom is -0.320 e. The number of rotatable bonds is 3. The van der Waals surface area contributed by atoms with Crippen LogP contribution < -0.4 is 5.32 Å². The molecular formula is C21H20ClN5O3. The number of halogens is 1. The van der Waals surface area contributed by atoms with Crippen LogP contribution in [0.5, 0.6) is 0 Å². The van der Waals surface area contributed by atoms with Crippen molar-refractivity contribution in [2.24, 2.45) is 0 Å². The Hall–Kier alpha value is -3.13. The highest BCUT2D eigenvalue weighted by Crippen LogP contribution is 2.46. The van der Waals surface area contributed by atoms with Gasteiger partial charge in [0, 0.05) is 31.2 Å². The Morgan fingerprint density at radius 3 is 2.67 bits per heavy atom. The third-order valence-corrected chi connectivity index (χ3v) is 6.26. The maximum Gasteiger partial charge on any atom is 0.327 e. The number of urea groups is 2. The van der Waals surface area contributed by atoms with Crippen molar-refractivity contribution in [3.8, 4) is 0 Å². The first kappa shape index (κ1) is 18.9. The summed E-state index contributed by atoms with van der Waals surface area (Å²) in [6.45, 7) is 0.829. The van der Waals surface area contributed by atoms with Gasteiger partial charge < -0.3 is 15.1 Å². The molecule has 0 radical (unpaired) electrons. The summed E-state index contributed by atoms with van der Waals surface area (Å²) >= 11 is 6.01. The number of benzene rings is 1. The van der Waals surface area contributed by atoms with Gasteiger partial charge in [0.15, 0.2) is 5.15 Å². The second-order valence-corrected chi connectivity index (χ2v) is 8.10. The number of piperazine rings is 1. The maximum absolute atomic E-state index is 13.1. The lowest BCUT2D eigenvalue weighted by Crippen LogP contribution is -2.55. The predicted octanol–water partition coefficient (Wildman–Crippen LogP) is 2.77. The number of nitrogens with zero attached hydrogens (tertiary/aromatic N) is 4. The highest BCUT2D eigenvalue weighted by molar-refractivity contribution is 6.32. The van der Waals surface area contributed by atoms with Gasteiger partial charge in [-0.15, -0.1) is 0 Å². The van der Waals surface area contributed by atoms with E-state index in [4.69, 9.17) is 11.6 Å². The number of nitrogens with one attached hydrogen (secondary N) is 1. The first-order valence-electron chi connectivity index (χ1n) is 9.89. The molecular weight excluding hydrogens is 406 g/mol. The minimum atomic E-state index is -0.640. The zero-order valence-corrected chi connectivity index (χ0v) is 16.8. The van der Waals surface area contributed by atoms with Crippen molar-refractivity contribution >= 4 is 35.3 Å². The molecule has 5 amide bonds. The summed E-state index contributed by atoms with van der Waals surface area (Å²) in [5.41, 5.74) is 1.55. The molecule has 2 aromatic rings. The monoisotopic (exact) mass is 425 g/mol. The van der Waals surface area contributed by atoms with E-state index in [-0.39, 0.29) is 41.6 Å². The van der Waals surface area contributed by atoms with Crippen LogP contribution in [0.4, 0.5) is 15.3 Å². The van der Waals surface area contributed by atoms with Gasteiger partial charge in [-0.2, -0.15) is 0 Å². The highest BCUT2D eigenvalue weighted by atomic mass is 35.5. The Labute approximate surface area is 178 Å². The Morgan fingerprint density at radius 2 is 1.90 bits per heavy atom. The lowest BCUT2D eigenvalue weighted by atomic mass is 10.1. The van der Waals surface area contributed by atoms with E-state index in [0.29, 0.717) is 18.8 Å². The minimum absolute atomic E-state index is 0.102. The van der Waals surface area contributed by atoms with E-state index in [9.17, 15) is 14.4 Å². The molecule has 2 aliphatic heterocycles. The summed E-state index contributed by atoms with van der Waals surface area (Å²) in [7, 11) is 0. The fourth-order valence-electron chi connectivity index (χ4n) is 4.31. The molecule has 1 N–H and O–H groups in total. The zero-order valence-electron chi connectivity index (χ0n) is 16.1. The van der Waals surface area contributed by atoms with Crippen LogP contribution in [0.3, 0.4) is 0 Å². The van der Waals surface area contributed by atoms with Gasteiger partial charge in [-0.3, -0.25) is 9.69 Å². The fourth-order valence-corrected chi connectivity index (χ4v) is 4.47. The number of carbonyl (C=O) groups is 3. The Balaban J connectivity index is 1.27. The summed E-state index contributed by atoms with van der Waals surface area (Å²) in [5.74, 6) is -0.0343. The van der Waals surface area contributed by atoms with Gasteiger partial charge in [0.1, 0.15) is 6.04 Å². The van der Waals surface area contributed by atoms with Crippen LogP contribution in [0.2, 0.25) is 5.15 Å². The SMILES string of the molecule is O=C(Nc1cccnc1Cl)N1CCN2C(=O)N([C@@H]3C[C@H]3c3ccccc3)C(=O)C2C1. The number of pyridine rings is 1. The van der Waals surface area contributed by atoms with Gasteiger partial charge in [-0.25, -0.2) is 14.6 Å². The Kier molecular flexibility index (Phi) is 4.58. The van der Waals surface area contributed by atoms with Crippen LogP contribution in [-0.4, -0.2) is 69.4 Å². The largest absolute Gasteiger partial charge is 0.327 e. The molecule has 1 unspecified atom stereocenters. The third kappa shape index (κ3) is 3.17. The number of carbonyl (C=O) groups excluding carboxylic acids is 3. The molecule has 3 heterocycles. The van der Waals surface area contributed by atoms with E-state index >= 15 is 0 Å². The van der Waals surface area contributed by atoms with Gasteiger partial charge in [0.25, 0.3) is 5.91 Å². The van der Waals surface area contributed by atoms with Crippen molar-refractivity contribution in [2.45, 2.75) is 24.4 Å². The first-order chi connectivity index (χ1) is 14.5. The second kappa shape index (κ2) is 7.28. The molecule has 1 aromatic carbocycles. The molecule has 9 heteroatoms. The fraction of sp³-hybridized carbons (Fsp3) is 0.333. The van der Waals surface area contributed by atoms with Crippen molar-refractivity contribution < 1.29 is 14.4 Å². The number of fused-ring (bicyclic) bond motifs is 1. The van der Waals surface area contributed by atoms with E-state index in [0.717, 1.165) is 12.0 Å². The van der Waals surface area contributed by atoms with Crippen molar-refractivity contribution in [2.75, 3.05) is 25.0 Å². The molecule has 3 atom stereocenters.